The lowest BCUT2D eigenvalue weighted by molar-refractivity contribution is 1.30. The third-order valence-corrected chi connectivity index (χ3v) is 11.9. The molecule has 10 rings (SSSR count). The molecule has 0 aliphatic rings. The first-order valence-electron chi connectivity index (χ1n) is 16.6. The first-order chi connectivity index (χ1) is 24.3. The van der Waals surface area contributed by atoms with Crippen LogP contribution < -0.4 is 4.90 Å². The third kappa shape index (κ3) is 4.74. The van der Waals surface area contributed by atoms with Crippen molar-refractivity contribution in [2.75, 3.05) is 4.90 Å². The van der Waals surface area contributed by atoms with E-state index in [0.29, 0.717) is 0 Å². The Balaban J connectivity index is 1.11. The van der Waals surface area contributed by atoms with E-state index >= 15 is 0 Å². The van der Waals surface area contributed by atoms with Gasteiger partial charge in [-0.3, -0.25) is 0 Å². The quantitative estimate of drug-likeness (QED) is 0.178. The SMILES string of the molecule is c1ccc(-c2ccc(N(c3ccc(-c4ccc5ccc6sc7ccccc7c6c5c4)cc3)c3cccc4sc5ccccc5c34)cc2)cc1. The molecular formula is C46H29NS2. The zero-order chi connectivity index (χ0) is 32.3. The first-order valence-corrected chi connectivity index (χ1v) is 18.2. The fourth-order valence-electron chi connectivity index (χ4n) is 7.33. The molecule has 2 aromatic heterocycles. The highest BCUT2D eigenvalue weighted by Crippen LogP contribution is 2.45. The van der Waals surface area contributed by atoms with Gasteiger partial charge in [0.15, 0.2) is 0 Å². The van der Waals surface area contributed by atoms with Gasteiger partial charge in [0.05, 0.1) is 5.69 Å². The van der Waals surface area contributed by atoms with Crippen LogP contribution in [0.3, 0.4) is 0 Å². The van der Waals surface area contributed by atoms with E-state index in [-0.39, 0.29) is 0 Å². The summed E-state index contributed by atoms with van der Waals surface area (Å²) in [5, 5.41) is 7.87. The van der Waals surface area contributed by atoms with Gasteiger partial charge in [-0.1, -0.05) is 115 Å². The monoisotopic (exact) mass is 659 g/mol. The molecule has 2 heterocycles. The number of hydrogen-bond acceptors (Lipinski definition) is 3. The van der Waals surface area contributed by atoms with Crippen molar-refractivity contribution in [3.8, 4) is 22.3 Å². The van der Waals surface area contributed by atoms with Gasteiger partial charge < -0.3 is 4.90 Å². The molecule has 0 saturated carbocycles. The molecule has 0 bridgehead atoms. The van der Waals surface area contributed by atoms with Crippen LogP contribution in [0, 0.1) is 0 Å². The van der Waals surface area contributed by atoms with E-state index in [4.69, 9.17) is 0 Å². The van der Waals surface area contributed by atoms with Gasteiger partial charge in [0, 0.05) is 51.7 Å². The maximum atomic E-state index is 2.42. The highest BCUT2D eigenvalue weighted by Gasteiger charge is 2.19. The molecule has 0 unspecified atom stereocenters. The molecular weight excluding hydrogens is 631 g/mol. The minimum absolute atomic E-state index is 1.13. The van der Waals surface area contributed by atoms with E-state index in [1.165, 1.54) is 79.1 Å². The number of anilines is 3. The molecule has 1 nitrogen and oxygen atoms in total. The number of benzene rings is 8. The average molecular weight is 660 g/mol. The van der Waals surface area contributed by atoms with E-state index in [0.717, 1.165) is 11.4 Å². The van der Waals surface area contributed by atoms with Gasteiger partial charge in [-0.15, -0.1) is 22.7 Å². The van der Waals surface area contributed by atoms with Crippen molar-refractivity contribution in [3.63, 3.8) is 0 Å². The zero-order valence-electron chi connectivity index (χ0n) is 26.5. The Morgan fingerprint density at radius 1 is 0.327 bits per heavy atom. The third-order valence-electron chi connectivity index (χ3n) is 9.67. The Morgan fingerprint density at radius 2 is 0.837 bits per heavy atom. The Labute approximate surface area is 292 Å². The van der Waals surface area contributed by atoms with Crippen LogP contribution in [0.4, 0.5) is 17.1 Å². The molecule has 0 N–H and O–H groups in total. The van der Waals surface area contributed by atoms with Crippen molar-refractivity contribution >= 4 is 90.9 Å². The van der Waals surface area contributed by atoms with E-state index in [9.17, 15) is 0 Å². The van der Waals surface area contributed by atoms with Crippen molar-refractivity contribution < 1.29 is 0 Å². The number of rotatable bonds is 5. The second-order valence-corrected chi connectivity index (χ2v) is 14.7. The number of nitrogens with zero attached hydrogens (tertiary/aromatic N) is 1. The molecule has 0 radical (unpaired) electrons. The smallest absolute Gasteiger partial charge is 0.0554 e. The predicted molar refractivity (Wildman–Crippen MR) is 215 cm³/mol. The Bertz CT molecular complexity index is 2810. The van der Waals surface area contributed by atoms with Gasteiger partial charge in [0.1, 0.15) is 0 Å². The lowest BCUT2D eigenvalue weighted by Gasteiger charge is -2.27. The molecule has 0 spiro atoms. The van der Waals surface area contributed by atoms with Crippen LogP contribution in [0.25, 0.3) is 73.4 Å². The van der Waals surface area contributed by atoms with Crippen molar-refractivity contribution in [2.24, 2.45) is 0 Å². The van der Waals surface area contributed by atoms with E-state index in [1.807, 2.05) is 22.7 Å². The number of fused-ring (bicyclic) bond motifs is 8. The van der Waals surface area contributed by atoms with Crippen molar-refractivity contribution in [2.45, 2.75) is 0 Å². The second kappa shape index (κ2) is 11.5. The van der Waals surface area contributed by atoms with Crippen LogP contribution >= 0.6 is 22.7 Å². The molecule has 10 aromatic rings. The topological polar surface area (TPSA) is 3.24 Å². The lowest BCUT2D eigenvalue weighted by Crippen LogP contribution is -2.10. The summed E-state index contributed by atoms with van der Waals surface area (Å²) in [5.41, 5.74) is 8.32. The predicted octanol–water partition coefficient (Wildman–Crippen LogP) is 14.4. The summed E-state index contributed by atoms with van der Waals surface area (Å²) in [6.07, 6.45) is 0. The van der Waals surface area contributed by atoms with Crippen molar-refractivity contribution in [1.29, 1.82) is 0 Å². The molecule has 8 aromatic carbocycles. The van der Waals surface area contributed by atoms with Crippen LogP contribution in [0.15, 0.2) is 176 Å². The van der Waals surface area contributed by atoms with Crippen LogP contribution in [-0.2, 0) is 0 Å². The second-order valence-electron chi connectivity index (χ2n) is 12.5. The van der Waals surface area contributed by atoms with Gasteiger partial charge in [-0.25, -0.2) is 0 Å². The Hall–Kier alpha value is -5.74. The number of hydrogen-bond donors (Lipinski definition) is 0. The molecule has 230 valence electrons. The fraction of sp³-hybridized carbons (Fsp3) is 0. The normalized spacial score (nSPS) is 11.7. The fourth-order valence-corrected chi connectivity index (χ4v) is 9.58. The average Bonchev–Trinajstić information content (AvgIpc) is 3.75. The van der Waals surface area contributed by atoms with E-state index < -0.39 is 0 Å². The molecule has 49 heavy (non-hydrogen) atoms. The highest BCUT2D eigenvalue weighted by molar-refractivity contribution is 7.26. The maximum absolute atomic E-state index is 2.42. The Kier molecular flexibility index (Phi) is 6.61. The van der Waals surface area contributed by atoms with Crippen molar-refractivity contribution in [3.05, 3.63) is 176 Å². The summed E-state index contributed by atoms with van der Waals surface area (Å²) < 4.78 is 5.28. The van der Waals surface area contributed by atoms with Crippen molar-refractivity contribution in [1.82, 2.24) is 0 Å². The first kappa shape index (κ1) is 28.3. The van der Waals surface area contributed by atoms with Crippen LogP contribution in [0.1, 0.15) is 0 Å². The van der Waals surface area contributed by atoms with Gasteiger partial charge in [-0.05, 0) is 93.7 Å². The Morgan fingerprint density at radius 3 is 1.53 bits per heavy atom. The van der Waals surface area contributed by atoms with E-state index in [1.54, 1.807) is 0 Å². The number of thiophene rings is 2. The zero-order valence-corrected chi connectivity index (χ0v) is 28.1. The molecule has 0 aliphatic carbocycles. The van der Waals surface area contributed by atoms with Gasteiger partial charge in [-0.2, -0.15) is 0 Å². The highest BCUT2D eigenvalue weighted by atomic mass is 32.1. The summed E-state index contributed by atoms with van der Waals surface area (Å²) in [4.78, 5) is 2.42. The largest absolute Gasteiger partial charge is 0.310 e. The summed E-state index contributed by atoms with van der Waals surface area (Å²) in [7, 11) is 0. The minimum Gasteiger partial charge on any atom is -0.310 e. The molecule has 0 fully saturated rings. The minimum atomic E-state index is 1.13. The van der Waals surface area contributed by atoms with Crippen LogP contribution in [0.2, 0.25) is 0 Å². The molecule has 0 aliphatic heterocycles. The summed E-state index contributed by atoms with van der Waals surface area (Å²) in [6.45, 7) is 0. The maximum Gasteiger partial charge on any atom is 0.0554 e. The van der Waals surface area contributed by atoms with Gasteiger partial charge in [0.2, 0.25) is 0 Å². The van der Waals surface area contributed by atoms with Gasteiger partial charge >= 0.3 is 0 Å². The van der Waals surface area contributed by atoms with E-state index in [2.05, 4.69) is 181 Å². The van der Waals surface area contributed by atoms with Crippen LogP contribution in [0.5, 0.6) is 0 Å². The molecule has 0 saturated heterocycles. The summed E-state index contributed by atoms with van der Waals surface area (Å²) in [5.74, 6) is 0. The van der Waals surface area contributed by atoms with Crippen LogP contribution in [-0.4, -0.2) is 0 Å². The summed E-state index contributed by atoms with van der Waals surface area (Å²) >= 11 is 3.74. The summed E-state index contributed by atoms with van der Waals surface area (Å²) in [6, 6.07) is 64.4. The molecule has 0 amide bonds. The lowest BCUT2D eigenvalue weighted by atomic mass is 9.98. The molecule has 0 atom stereocenters. The van der Waals surface area contributed by atoms with Gasteiger partial charge in [0.25, 0.3) is 0 Å². The standard InChI is InChI=1S/C46H29NS2/c1-2-9-30(10-3-1)31-19-24-35(25-20-31)47(40-13-8-16-43-46(40)38-12-5-7-15-42(38)48-43)36-26-21-32(22-27-36)34-18-17-33-23-28-44-45(39(33)29-34)37-11-4-6-14-41(37)49-44/h1-29H. The molecule has 3 heteroatoms.